The maximum absolute atomic E-state index is 12.9. The number of likely N-dealkylation sites (tertiary alicyclic amines) is 1. The first-order valence-electron chi connectivity index (χ1n) is 12.8. The standard InChI is InChI=1S/C31H30N2O5/c1-22-28(32-30(38-22)25-10-6-3-7-11-25)18-19-36-27-15-12-24(13-16-27)29-17-14-26(20-34)33(29)31(35)37-21-23-8-4-2-5-9-23/h2-13,15-16,20,26,29H,14,17-19,21H2,1H3/t26-,29-/m1/s1. The first-order valence-corrected chi connectivity index (χ1v) is 12.8. The highest BCUT2D eigenvalue weighted by molar-refractivity contribution is 5.75. The van der Waals surface area contributed by atoms with Crippen molar-refractivity contribution in [2.45, 2.75) is 44.9 Å². The lowest BCUT2D eigenvalue weighted by Crippen LogP contribution is -2.38. The number of aldehydes is 1. The molecule has 2 atom stereocenters. The summed E-state index contributed by atoms with van der Waals surface area (Å²) in [5.74, 6) is 2.12. The Labute approximate surface area is 222 Å². The number of benzene rings is 3. The molecule has 5 rings (SSSR count). The van der Waals surface area contributed by atoms with Gasteiger partial charge >= 0.3 is 6.09 Å². The second-order valence-electron chi connectivity index (χ2n) is 9.30. The molecule has 3 aromatic carbocycles. The number of aromatic nitrogens is 1. The van der Waals surface area contributed by atoms with E-state index >= 15 is 0 Å². The molecule has 1 fully saturated rings. The molecule has 38 heavy (non-hydrogen) atoms. The van der Waals surface area contributed by atoms with E-state index in [9.17, 15) is 9.59 Å². The van der Waals surface area contributed by atoms with E-state index < -0.39 is 12.1 Å². The van der Waals surface area contributed by atoms with Gasteiger partial charge in [-0.3, -0.25) is 4.90 Å². The molecular formula is C31H30N2O5. The molecule has 0 unspecified atom stereocenters. The second-order valence-corrected chi connectivity index (χ2v) is 9.30. The molecule has 0 saturated carbocycles. The number of ether oxygens (including phenoxy) is 2. The molecule has 194 valence electrons. The predicted octanol–water partition coefficient (Wildman–Crippen LogP) is 6.31. The van der Waals surface area contributed by atoms with Gasteiger partial charge in [-0.05, 0) is 55.2 Å². The molecular weight excluding hydrogens is 480 g/mol. The molecule has 1 amide bonds. The minimum atomic E-state index is -0.495. The largest absolute Gasteiger partial charge is 0.493 e. The van der Waals surface area contributed by atoms with Crippen LogP contribution in [0, 0.1) is 6.92 Å². The van der Waals surface area contributed by atoms with Gasteiger partial charge < -0.3 is 18.7 Å². The summed E-state index contributed by atoms with van der Waals surface area (Å²) in [5.41, 5.74) is 3.66. The first kappa shape index (κ1) is 25.3. The van der Waals surface area contributed by atoms with Crippen molar-refractivity contribution in [3.05, 3.63) is 108 Å². The summed E-state index contributed by atoms with van der Waals surface area (Å²) in [5, 5.41) is 0. The zero-order chi connectivity index (χ0) is 26.3. The van der Waals surface area contributed by atoms with E-state index in [1.807, 2.05) is 91.9 Å². The molecule has 1 aliphatic rings. The summed E-state index contributed by atoms with van der Waals surface area (Å²) in [6.07, 6.45) is 2.27. The van der Waals surface area contributed by atoms with Crippen LogP contribution in [0.1, 0.15) is 41.5 Å². The molecule has 0 aliphatic carbocycles. The Morgan fingerprint density at radius 2 is 1.71 bits per heavy atom. The van der Waals surface area contributed by atoms with Gasteiger partial charge in [0.05, 0.1) is 24.4 Å². The van der Waals surface area contributed by atoms with E-state index in [1.165, 1.54) is 0 Å². The van der Waals surface area contributed by atoms with Crippen molar-refractivity contribution in [3.63, 3.8) is 0 Å². The van der Waals surface area contributed by atoms with Crippen LogP contribution in [0.2, 0.25) is 0 Å². The number of nitrogens with zero attached hydrogens (tertiary/aromatic N) is 2. The lowest BCUT2D eigenvalue weighted by molar-refractivity contribution is -0.111. The van der Waals surface area contributed by atoms with Gasteiger partial charge in [0.2, 0.25) is 5.89 Å². The molecule has 0 spiro atoms. The van der Waals surface area contributed by atoms with Crippen LogP contribution in [0.15, 0.2) is 89.3 Å². The van der Waals surface area contributed by atoms with Gasteiger partial charge in [0.25, 0.3) is 0 Å². The normalized spacial score (nSPS) is 16.8. The third-order valence-electron chi connectivity index (χ3n) is 6.79. The molecule has 7 heteroatoms. The van der Waals surface area contributed by atoms with Crippen LogP contribution in [0.25, 0.3) is 11.5 Å². The van der Waals surface area contributed by atoms with E-state index in [1.54, 1.807) is 4.90 Å². The number of carbonyl (C=O) groups excluding carboxylic acids is 2. The van der Waals surface area contributed by atoms with Crippen LogP contribution in [0.3, 0.4) is 0 Å². The molecule has 1 aromatic heterocycles. The Morgan fingerprint density at radius 3 is 2.42 bits per heavy atom. The maximum Gasteiger partial charge on any atom is 0.411 e. The van der Waals surface area contributed by atoms with Crippen LogP contribution < -0.4 is 4.74 Å². The summed E-state index contributed by atoms with van der Waals surface area (Å²) in [7, 11) is 0. The van der Waals surface area contributed by atoms with E-state index in [4.69, 9.17) is 13.9 Å². The van der Waals surface area contributed by atoms with E-state index in [0.29, 0.717) is 31.8 Å². The summed E-state index contributed by atoms with van der Waals surface area (Å²) in [6, 6.07) is 26.3. The van der Waals surface area contributed by atoms with Crippen molar-refractivity contribution >= 4 is 12.4 Å². The molecule has 2 heterocycles. The molecule has 1 aliphatic heterocycles. The van der Waals surface area contributed by atoms with Crippen molar-refractivity contribution in [2.24, 2.45) is 0 Å². The van der Waals surface area contributed by atoms with E-state index in [0.717, 1.165) is 40.2 Å². The van der Waals surface area contributed by atoms with Gasteiger partial charge in [-0.15, -0.1) is 0 Å². The fourth-order valence-electron chi connectivity index (χ4n) is 4.77. The second kappa shape index (κ2) is 11.8. The van der Waals surface area contributed by atoms with Gasteiger partial charge in [-0.2, -0.15) is 0 Å². The van der Waals surface area contributed by atoms with Gasteiger partial charge in [0, 0.05) is 12.0 Å². The van der Waals surface area contributed by atoms with Crippen LogP contribution in [-0.4, -0.2) is 34.9 Å². The Balaban J connectivity index is 1.18. The van der Waals surface area contributed by atoms with E-state index in [2.05, 4.69) is 4.98 Å². The summed E-state index contributed by atoms with van der Waals surface area (Å²) >= 11 is 0. The number of aryl methyl sites for hydroxylation is 1. The molecule has 0 N–H and O–H groups in total. The topological polar surface area (TPSA) is 81.9 Å². The maximum atomic E-state index is 12.9. The quantitative estimate of drug-likeness (QED) is 0.245. The predicted molar refractivity (Wildman–Crippen MR) is 143 cm³/mol. The van der Waals surface area contributed by atoms with Crippen LogP contribution in [0.4, 0.5) is 4.79 Å². The lowest BCUT2D eigenvalue weighted by atomic mass is 10.0. The van der Waals surface area contributed by atoms with Crippen molar-refractivity contribution in [2.75, 3.05) is 6.61 Å². The Morgan fingerprint density at radius 1 is 1.00 bits per heavy atom. The number of amides is 1. The highest BCUT2D eigenvalue weighted by atomic mass is 16.6. The smallest absolute Gasteiger partial charge is 0.411 e. The molecule has 0 bridgehead atoms. The number of oxazole rings is 1. The van der Waals surface area contributed by atoms with Crippen LogP contribution >= 0.6 is 0 Å². The highest BCUT2D eigenvalue weighted by Gasteiger charge is 2.38. The minimum Gasteiger partial charge on any atom is -0.493 e. The van der Waals surface area contributed by atoms with E-state index in [-0.39, 0.29) is 12.6 Å². The fraction of sp³-hybridized carbons (Fsp3) is 0.258. The minimum absolute atomic E-state index is 0.166. The number of carbonyl (C=O) groups is 2. The lowest BCUT2D eigenvalue weighted by Gasteiger charge is -2.27. The average molecular weight is 511 g/mol. The van der Waals surface area contributed by atoms with Crippen LogP contribution in [-0.2, 0) is 22.6 Å². The van der Waals surface area contributed by atoms with Crippen molar-refractivity contribution < 1.29 is 23.5 Å². The SMILES string of the molecule is Cc1oc(-c2ccccc2)nc1CCOc1ccc([C@H]2CC[C@H](C=O)N2C(=O)OCc2ccccc2)cc1. The fourth-order valence-corrected chi connectivity index (χ4v) is 4.77. The Hall–Kier alpha value is -4.39. The van der Waals surface area contributed by atoms with Gasteiger partial charge in [-0.25, -0.2) is 9.78 Å². The molecule has 0 radical (unpaired) electrons. The average Bonchev–Trinajstić information content (AvgIpc) is 3.57. The zero-order valence-electron chi connectivity index (χ0n) is 21.3. The summed E-state index contributed by atoms with van der Waals surface area (Å²) in [4.78, 5) is 30.8. The number of rotatable bonds is 9. The summed E-state index contributed by atoms with van der Waals surface area (Å²) in [6.45, 7) is 2.53. The monoisotopic (exact) mass is 510 g/mol. The number of hydrogen-bond donors (Lipinski definition) is 0. The highest BCUT2D eigenvalue weighted by Crippen LogP contribution is 2.36. The van der Waals surface area contributed by atoms with Crippen LogP contribution in [0.5, 0.6) is 5.75 Å². The molecule has 4 aromatic rings. The van der Waals surface area contributed by atoms with Crippen molar-refractivity contribution in [3.8, 4) is 17.2 Å². The van der Waals surface area contributed by atoms with Gasteiger partial charge in [0.1, 0.15) is 24.4 Å². The Bertz CT molecular complexity index is 1350. The van der Waals surface area contributed by atoms with Crippen molar-refractivity contribution in [1.29, 1.82) is 0 Å². The van der Waals surface area contributed by atoms with Gasteiger partial charge in [0.15, 0.2) is 0 Å². The zero-order valence-corrected chi connectivity index (χ0v) is 21.3. The van der Waals surface area contributed by atoms with Gasteiger partial charge in [-0.1, -0.05) is 60.7 Å². The summed E-state index contributed by atoms with van der Waals surface area (Å²) < 4.78 is 17.3. The molecule has 1 saturated heterocycles. The third kappa shape index (κ3) is 5.78. The third-order valence-corrected chi connectivity index (χ3v) is 6.79. The van der Waals surface area contributed by atoms with Crippen molar-refractivity contribution in [1.82, 2.24) is 9.88 Å². The first-order chi connectivity index (χ1) is 18.6. The Kier molecular flexibility index (Phi) is 7.83. The molecule has 7 nitrogen and oxygen atoms in total. The number of hydrogen-bond acceptors (Lipinski definition) is 6.